The largest absolute Gasteiger partial charge is 0.444 e. The normalized spacial score (nSPS) is 27.9. The van der Waals surface area contributed by atoms with Crippen LogP contribution in [0.5, 0.6) is 0 Å². The quantitative estimate of drug-likeness (QED) is 0.631. The second-order valence-electron chi connectivity index (χ2n) is 4.87. The first kappa shape index (κ1) is 11.7. The topological polar surface area (TPSA) is 29.5 Å². The zero-order chi connectivity index (χ0) is 10.9. The Morgan fingerprint density at radius 2 is 2.07 bits per heavy atom. The minimum absolute atomic E-state index is 0.221. The van der Waals surface area contributed by atoms with Gasteiger partial charge in [0.05, 0.1) is 0 Å². The summed E-state index contributed by atoms with van der Waals surface area (Å²) in [6, 6.07) is 0.243. The predicted molar refractivity (Wildman–Crippen MR) is 59.8 cm³/mol. The van der Waals surface area contributed by atoms with E-state index in [1.165, 1.54) is 0 Å². The number of amides is 1. The molecule has 0 saturated carbocycles. The number of ether oxygens (including phenoxy) is 1. The fourth-order valence-electron chi connectivity index (χ4n) is 1.58. The molecule has 0 radical (unpaired) electrons. The lowest BCUT2D eigenvalue weighted by Gasteiger charge is -2.26. The highest BCUT2D eigenvalue weighted by molar-refractivity contribution is 7.81. The fraction of sp³-hybridized carbons (Fsp3) is 0.900. The van der Waals surface area contributed by atoms with Crippen LogP contribution in [0, 0.1) is 0 Å². The van der Waals surface area contributed by atoms with Gasteiger partial charge < -0.3 is 9.64 Å². The summed E-state index contributed by atoms with van der Waals surface area (Å²) in [5, 5.41) is 0.289. The maximum Gasteiger partial charge on any atom is 0.410 e. The Kier molecular flexibility index (Phi) is 3.35. The highest BCUT2D eigenvalue weighted by Crippen LogP contribution is 2.23. The van der Waals surface area contributed by atoms with Gasteiger partial charge in [-0.15, -0.1) is 0 Å². The van der Waals surface area contributed by atoms with Crippen molar-refractivity contribution >= 4 is 18.7 Å². The molecule has 0 aromatic rings. The molecule has 82 valence electrons. The number of likely N-dealkylation sites (tertiary alicyclic amines) is 1. The molecule has 0 bridgehead atoms. The fourth-order valence-corrected chi connectivity index (χ4v) is 2.06. The number of hydrogen-bond acceptors (Lipinski definition) is 3. The van der Waals surface area contributed by atoms with Gasteiger partial charge in [0.25, 0.3) is 0 Å². The standard InChI is InChI=1S/C10H19NO2S/c1-7-5-8(14)6-11(7)9(12)13-10(2,3)4/h7-8,14H,5-6H2,1-4H3. The van der Waals surface area contributed by atoms with Crippen molar-refractivity contribution in [1.82, 2.24) is 4.90 Å². The van der Waals surface area contributed by atoms with Gasteiger partial charge in [0.15, 0.2) is 0 Å². The monoisotopic (exact) mass is 217 g/mol. The van der Waals surface area contributed by atoms with Crippen LogP contribution in [0.3, 0.4) is 0 Å². The first-order valence-electron chi connectivity index (χ1n) is 4.97. The molecule has 4 heteroatoms. The van der Waals surface area contributed by atoms with Crippen molar-refractivity contribution in [1.29, 1.82) is 0 Å². The van der Waals surface area contributed by atoms with Gasteiger partial charge in [-0.3, -0.25) is 0 Å². The van der Waals surface area contributed by atoms with Crippen LogP contribution in [-0.4, -0.2) is 34.4 Å². The third kappa shape index (κ3) is 3.08. The van der Waals surface area contributed by atoms with E-state index in [1.807, 2.05) is 27.7 Å². The van der Waals surface area contributed by atoms with E-state index in [4.69, 9.17) is 4.74 Å². The van der Waals surface area contributed by atoms with E-state index in [9.17, 15) is 4.79 Å². The molecule has 0 spiro atoms. The van der Waals surface area contributed by atoms with Crippen molar-refractivity contribution in [2.45, 2.75) is 51.0 Å². The molecule has 14 heavy (non-hydrogen) atoms. The lowest BCUT2D eigenvalue weighted by atomic mass is 10.2. The molecule has 1 aliphatic rings. The molecular weight excluding hydrogens is 198 g/mol. The van der Waals surface area contributed by atoms with Crippen molar-refractivity contribution < 1.29 is 9.53 Å². The molecule has 1 rings (SSSR count). The maximum absolute atomic E-state index is 11.7. The van der Waals surface area contributed by atoms with E-state index in [0.29, 0.717) is 6.54 Å². The second kappa shape index (κ2) is 4.01. The Balaban J connectivity index is 2.53. The summed E-state index contributed by atoms with van der Waals surface area (Å²) in [4.78, 5) is 13.4. The molecule has 1 saturated heterocycles. The number of carbonyl (C=O) groups is 1. The van der Waals surface area contributed by atoms with Crippen LogP contribution in [-0.2, 0) is 4.74 Å². The van der Waals surface area contributed by atoms with Crippen molar-refractivity contribution in [3.63, 3.8) is 0 Å². The second-order valence-corrected chi connectivity index (χ2v) is 5.60. The summed E-state index contributed by atoms with van der Waals surface area (Å²) in [5.74, 6) is 0. The van der Waals surface area contributed by atoms with Gasteiger partial charge in [-0.25, -0.2) is 4.79 Å². The summed E-state index contributed by atoms with van der Waals surface area (Å²) >= 11 is 4.37. The Morgan fingerprint density at radius 1 is 1.50 bits per heavy atom. The minimum atomic E-state index is -0.411. The van der Waals surface area contributed by atoms with E-state index in [-0.39, 0.29) is 17.4 Å². The van der Waals surface area contributed by atoms with E-state index in [0.717, 1.165) is 6.42 Å². The van der Waals surface area contributed by atoms with Crippen LogP contribution in [0.2, 0.25) is 0 Å². The number of nitrogens with zero attached hydrogens (tertiary/aromatic N) is 1. The van der Waals surface area contributed by atoms with E-state index in [2.05, 4.69) is 12.6 Å². The zero-order valence-corrected chi connectivity index (χ0v) is 10.2. The summed E-state index contributed by atoms with van der Waals surface area (Å²) in [7, 11) is 0. The van der Waals surface area contributed by atoms with Crippen LogP contribution in [0.4, 0.5) is 4.79 Å². The van der Waals surface area contributed by atoms with Crippen LogP contribution < -0.4 is 0 Å². The SMILES string of the molecule is CC1CC(S)CN1C(=O)OC(C)(C)C. The smallest absolute Gasteiger partial charge is 0.410 e. The van der Waals surface area contributed by atoms with Crippen LogP contribution in [0.15, 0.2) is 0 Å². The van der Waals surface area contributed by atoms with Crippen molar-refractivity contribution in [2.24, 2.45) is 0 Å². The van der Waals surface area contributed by atoms with Crippen molar-refractivity contribution in [3.05, 3.63) is 0 Å². The van der Waals surface area contributed by atoms with Crippen molar-refractivity contribution in [2.75, 3.05) is 6.54 Å². The van der Waals surface area contributed by atoms with Gasteiger partial charge >= 0.3 is 6.09 Å². The van der Waals surface area contributed by atoms with Crippen molar-refractivity contribution in [3.8, 4) is 0 Å². The van der Waals surface area contributed by atoms with E-state index < -0.39 is 5.60 Å². The summed E-state index contributed by atoms with van der Waals surface area (Å²) < 4.78 is 5.29. The molecule has 1 fully saturated rings. The summed E-state index contributed by atoms with van der Waals surface area (Å²) in [6.45, 7) is 8.36. The van der Waals surface area contributed by atoms with Gasteiger partial charge in [0, 0.05) is 17.8 Å². The van der Waals surface area contributed by atoms with Gasteiger partial charge in [-0.1, -0.05) is 0 Å². The molecule has 3 nitrogen and oxygen atoms in total. The first-order valence-corrected chi connectivity index (χ1v) is 5.49. The average Bonchev–Trinajstić information content (AvgIpc) is 2.26. The molecular formula is C10H19NO2S. The van der Waals surface area contributed by atoms with Crippen LogP contribution in [0.1, 0.15) is 34.1 Å². The maximum atomic E-state index is 11.7. The van der Waals surface area contributed by atoms with Gasteiger partial charge in [0.1, 0.15) is 5.60 Å². The number of carbonyl (C=O) groups excluding carboxylic acids is 1. The number of rotatable bonds is 0. The van der Waals surface area contributed by atoms with Gasteiger partial charge in [-0.2, -0.15) is 12.6 Å². The molecule has 1 aliphatic heterocycles. The molecule has 1 heterocycles. The summed E-state index contributed by atoms with van der Waals surface area (Å²) in [5.41, 5.74) is -0.411. The van der Waals surface area contributed by atoms with Gasteiger partial charge in [0.2, 0.25) is 0 Å². The Bertz CT molecular complexity index is 225. The highest BCUT2D eigenvalue weighted by atomic mass is 32.1. The summed E-state index contributed by atoms with van der Waals surface area (Å²) in [6.07, 6.45) is 0.726. The third-order valence-electron chi connectivity index (χ3n) is 2.18. The first-order chi connectivity index (χ1) is 6.29. The number of hydrogen-bond donors (Lipinski definition) is 1. The average molecular weight is 217 g/mol. The van der Waals surface area contributed by atoms with E-state index >= 15 is 0 Å². The Morgan fingerprint density at radius 3 is 2.43 bits per heavy atom. The minimum Gasteiger partial charge on any atom is -0.444 e. The molecule has 0 aromatic carbocycles. The van der Waals surface area contributed by atoms with E-state index in [1.54, 1.807) is 4.90 Å². The Labute approximate surface area is 91.2 Å². The van der Waals surface area contributed by atoms with Crippen LogP contribution in [0.25, 0.3) is 0 Å². The molecule has 2 unspecified atom stereocenters. The third-order valence-corrected chi connectivity index (χ3v) is 2.55. The molecule has 2 atom stereocenters. The van der Waals surface area contributed by atoms with Crippen LogP contribution >= 0.6 is 12.6 Å². The lowest BCUT2D eigenvalue weighted by molar-refractivity contribution is 0.0239. The lowest BCUT2D eigenvalue weighted by Crippen LogP contribution is -2.38. The van der Waals surface area contributed by atoms with Gasteiger partial charge in [-0.05, 0) is 34.1 Å². The number of thiol groups is 1. The predicted octanol–water partition coefficient (Wildman–Crippen LogP) is 2.31. The highest BCUT2D eigenvalue weighted by Gasteiger charge is 2.33. The molecule has 0 aromatic heterocycles. The molecule has 0 N–H and O–H groups in total. The molecule has 0 aliphatic carbocycles. The Hall–Kier alpha value is -0.380. The zero-order valence-electron chi connectivity index (χ0n) is 9.28. The molecule has 1 amide bonds.